The number of nitro groups is 1. The summed E-state index contributed by atoms with van der Waals surface area (Å²) in [5.41, 5.74) is 3.25. The van der Waals surface area contributed by atoms with Crippen molar-refractivity contribution >= 4 is 29.6 Å². The molecule has 138 valence electrons. The van der Waals surface area contributed by atoms with Crippen molar-refractivity contribution in [3.05, 3.63) is 62.3 Å². The van der Waals surface area contributed by atoms with Gasteiger partial charge in [-0.1, -0.05) is 6.07 Å². The molecule has 3 aromatic rings. The van der Waals surface area contributed by atoms with Crippen LogP contribution in [0.3, 0.4) is 0 Å². The van der Waals surface area contributed by atoms with Gasteiger partial charge in [0.15, 0.2) is 5.16 Å². The van der Waals surface area contributed by atoms with E-state index in [2.05, 4.69) is 30.7 Å². The molecule has 2 N–H and O–H groups in total. The molecule has 0 saturated carbocycles. The molecule has 3 rings (SSSR count). The number of aryl methyl sites for hydroxylation is 2. The Hall–Kier alpha value is -3.54. The Morgan fingerprint density at radius 1 is 1.41 bits per heavy atom. The summed E-state index contributed by atoms with van der Waals surface area (Å²) in [6.07, 6.45) is 2.91. The van der Waals surface area contributed by atoms with Crippen molar-refractivity contribution in [3.63, 3.8) is 0 Å². The summed E-state index contributed by atoms with van der Waals surface area (Å²) in [4.78, 5) is 29.3. The fourth-order valence-corrected chi connectivity index (χ4v) is 2.96. The average Bonchev–Trinajstić information content (AvgIpc) is 3.00. The first-order chi connectivity index (χ1) is 12.9. The minimum atomic E-state index is -0.469. The van der Waals surface area contributed by atoms with Crippen LogP contribution in [0.15, 0.2) is 50.5 Å². The second kappa shape index (κ2) is 7.78. The van der Waals surface area contributed by atoms with E-state index in [-0.39, 0.29) is 17.2 Å². The third-order valence-electron chi connectivity index (χ3n) is 3.30. The number of aromatic amines is 1. The Morgan fingerprint density at radius 2 is 2.22 bits per heavy atom. The smallest absolute Gasteiger partial charge is 0.283 e. The second-order valence-electron chi connectivity index (χ2n) is 5.42. The molecular weight excluding hydrogens is 372 g/mol. The van der Waals surface area contributed by atoms with Gasteiger partial charge in [0.2, 0.25) is 5.95 Å². The largest absolute Gasteiger partial charge is 0.311 e. The molecule has 0 saturated heterocycles. The monoisotopic (exact) mass is 386 g/mol. The van der Waals surface area contributed by atoms with Crippen molar-refractivity contribution < 1.29 is 4.92 Å². The van der Waals surface area contributed by atoms with E-state index in [1.165, 1.54) is 24.7 Å². The van der Waals surface area contributed by atoms with Crippen LogP contribution in [0.2, 0.25) is 0 Å². The number of aromatic nitrogens is 5. The molecule has 11 nitrogen and oxygen atoms in total. The number of anilines is 1. The van der Waals surface area contributed by atoms with E-state index in [9.17, 15) is 14.9 Å². The highest BCUT2D eigenvalue weighted by atomic mass is 32.2. The van der Waals surface area contributed by atoms with Crippen molar-refractivity contribution in [3.8, 4) is 0 Å². The summed E-state index contributed by atoms with van der Waals surface area (Å²) in [5.74, 6) is 0.181. The second-order valence-corrected chi connectivity index (χ2v) is 6.43. The van der Waals surface area contributed by atoms with E-state index in [0.717, 1.165) is 11.8 Å². The molecule has 2 heterocycles. The van der Waals surface area contributed by atoms with Crippen molar-refractivity contribution in [2.75, 3.05) is 5.43 Å². The molecule has 0 fully saturated rings. The zero-order chi connectivity index (χ0) is 19.4. The normalized spacial score (nSPS) is 11.0. The quantitative estimate of drug-likeness (QED) is 0.370. The van der Waals surface area contributed by atoms with Crippen LogP contribution in [0.1, 0.15) is 11.3 Å². The average molecular weight is 386 g/mol. The molecule has 12 heteroatoms. The number of nitrogens with zero attached hydrogens (tertiary/aromatic N) is 6. The Bertz CT molecular complexity index is 1070. The zero-order valence-electron chi connectivity index (χ0n) is 14.3. The predicted octanol–water partition coefficient (Wildman–Crippen LogP) is 1.71. The van der Waals surface area contributed by atoms with Gasteiger partial charge in [0, 0.05) is 30.4 Å². The first-order valence-electron chi connectivity index (χ1n) is 7.60. The molecule has 0 unspecified atom stereocenters. The van der Waals surface area contributed by atoms with E-state index >= 15 is 0 Å². The number of benzene rings is 1. The zero-order valence-corrected chi connectivity index (χ0v) is 15.1. The van der Waals surface area contributed by atoms with E-state index in [4.69, 9.17) is 0 Å². The van der Waals surface area contributed by atoms with Crippen LogP contribution in [0.5, 0.6) is 0 Å². The maximum atomic E-state index is 11.4. The number of hydrogen-bond acceptors (Lipinski definition) is 9. The lowest BCUT2D eigenvalue weighted by molar-refractivity contribution is -0.387. The molecule has 0 radical (unpaired) electrons. The number of nitrogens with one attached hydrogen (secondary N) is 2. The fourth-order valence-electron chi connectivity index (χ4n) is 2.11. The van der Waals surface area contributed by atoms with E-state index < -0.39 is 4.92 Å². The van der Waals surface area contributed by atoms with Crippen molar-refractivity contribution in [2.24, 2.45) is 12.1 Å². The van der Waals surface area contributed by atoms with Crippen LogP contribution < -0.4 is 11.0 Å². The lowest BCUT2D eigenvalue weighted by Crippen LogP contribution is -2.10. The summed E-state index contributed by atoms with van der Waals surface area (Å²) in [7, 11) is 1.75. The number of hydrazone groups is 1. The van der Waals surface area contributed by atoms with Gasteiger partial charge in [0.1, 0.15) is 6.33 Å². The topological polar surface area (TPSA) is 144 Å². The van der Waals surface area contributed by atoms with Gasteiger partial charge in [-0.05, 0) is 24.8 Å². The van der Waals surface area contributed by atoms with Crippen LogP contribution in [0.4, 0.5) is 11.6 Å². The highest BCUT2D eigenvalue weighted by Gasteiger charge is 2.17. The summed E-state index contributed by atoms with van der Waals surface area (Å²) in [5, 5.41) is 23.6. The summed E-state index contributed by atoms with van der Waals surface area (Å²) >= 11 is 1.15. The van der Waals surface area contributed by atoms with Gasteiger partial charge in [-0.15, -0.1) is 10.2 Å². The molecule has 0 bridgehead atoms. The number of hydrogen-bond donors (Lipinski definition) is 2. The number of rotatable bonds is 6. The molecule has 0 spiro atoms. The molecule has 0 atom stereocenters. The maximum absolute atomic E-state index is 11.4. The third-order valence-corrected chi connectivity index (χ3v) is 4.42. The molecular formula is C15H14N8O3S. The number of H-pyrrole nitrogens is 1. The lowest BCUT2D eigenvalue weighted by Gasteiger charge is -2.03. The van der Waals surface area contributed by atoms with Crippen LogP contribution >= 0.6 is 11.8 Å². The van der Waals surface area contributed by atoms with Crippen molar-refractivity contribution in [1.82, 2.24) is 24.7 Å². The lowest BCUT2D eigenvalue weighted by atomic mass is 10.2. The SMILES string of the molecule is Cc1cc(=O)[nH]c(N/N=C/c2ccc(Sc3nncn3C)c([N+](=O)[O-])c2)n1. The standard InChI is InChI=1S/C15H14N8O3S/c1-9-5-13(24)19-14(18-9)20-16-7-10-3-4-12(11(6-10)23(25)26)27-15-21-17-8-22(15)2/h3-8H,1-2H3,(H2,18,19,20,24)/b16-7+. The first-order valence-corrected chi connectivity index (χ1v) is 8.41. The predicted molar refractivity (Wildman–Crippen MR) is 99.0 cm³/mol. The molecule has 2 aromatic heterocycles. The van der Waals surface area contributed by atoms with Gasteiger partial charge in [0.05, 0.1) is 16.0 Å². The van der Waals surface area contributed by atoms with E-state index in [1.807, 2.05) is 0 Å². The first kappa shape index (κ1) is 18.3. The highest BCUT2D eigenvalue weighted by molar-refractivity contribution is 7.99. The molecule has 1 aromatic carbocycles. The van der Waals surface area contributed by atoms with E-state index in [0.29, 0.717) is 21.3 Å². The van der Waals surface area contributed by atoms with Crippen LogP contribution in [0, 0.1) is 17.0 Å². The van der Waals surface area contributed by atoms with Crippen LogP contribution in [0.25, 0.3) is 0 Å². The Kier molecular flexibility index (Phi) is 5.26. The molecule has 27 heavy (non-hydrogen) atoms. The van der Waals surface area contributed by atoms with Crippen LogP contribution in [-0.2, 0) is 7.05 Å². The van der Waals surface area contributed by atoms with Crippen molar-refractivity contribution in [1.29, 1.82) is 0 Å². The third kappa shape index (κ3) is 4.55. The van der Waals surface area contributed by atoms with Gasteiger partial charge in [-0.3, -0.25) is 19.9 Å². The summed E-state index contributed by atoms with van der Waals surface area (Å²) in [6.45, 7) is 1.68. The van der Waals surface area contributed by atoms with Gasteiger partial charge in [0.25, 0.3) is 11.2 Å². The molecule has 0 aliphatic rings. The minimum Gasteiger partial charge on any atom is -0.311 e. The summed E-state index contributed by atoms with van der Waals surface area (Å²) in [6, 6.07) is 6.05. The Morgan fingerprint density at radius 3 is 2.89 bits per heavy atom. The fraction of sp³-hybridized carbons (Fsp3) is 0.133. The van der Waals surface area contributed by atoms with Crippen molar-refractivity contribution in [2.45, 2.75) is 17.0 Å². The van der Waals surface area contributed by atoms with Gasteiger partial charge in [-0.2, -0.15) is 5.10 Å². The summed E-state index contributed by atoms with van der Waals surface area (Å²) < 4.78 is 1.67. The molecule has 0 aliphatic heterocycles. The highest BCUT2D eigenvalue weighted by Crippen LogP contribution is 2.33. The number of nitro benzene ring substituents is 1. The van der Waals surface area contributed by atoms with Gasteiger partial charge < -0.3 is 4.57 Å². The van der Waals surface area contributed by atoms with Gasteiger partial charge >= 0.3 is 0 Å². The maximum Gasteiger partial charge on any atom is 0.283 e. The Balaban J connectivity index is 1.80. The van der Waals surface area contributed by atoms with Crippen LogP contribution in [-0.4, -0.2) is 35.9 Å². The molecule has 0 amide bonds. The van der Waals surface area contributed by atoms with E-state index in [1.54, 1.807) is 30.7 Å². The Labute approximate surface area is 156 Å². The minimum absolute atomic E-state index is 0.0750. The molecule has 0 aliphatic carbocycles. The van der Waals surface area contributed by atoms with Gasteiger partial charge in [-0.25, -0.2) is 10.4 Å².